The summed E-state index contributed by atoms with van der Waals surface area (Å²) in [6.45, 7) is 2.58. The normalized spacial score (nSPS) is 10.8. The number of carbonyl (C=O) groups is 1. The fourth-order valence-electron chi connectivity index (χ4n) is 3.50. The summed E-state index contributed by atoms with van der Waals surface area (Å²) in [6.07, 6.45) is 1.50. The molecular formula is C28H27BrN2O5. The van der Waals surface area contributed by atoms with Gasteiger partial charge in [0.1, 0.15) is 29.7 Å². The Morgan fingerprint density at radius 2 is 1.81 bits per heavy atom. The molecule has 0 bridgehead atoms. The Bertz CT molecular complexity index is 1310. The van der Waals surface area contributed by atoms with Gasteiger partial charge in [0.2, 0.25) is 0 Å². The van der Waals surface area contributed by atoms with Gasteiger partial charge in [0.05, 0.1) is 25.8 Å². The van der Waals surface area contributed by atoms with Gasteiger partial charge < -0.3 is 24.3 Å². The number of halogens is 1. The van der Waals surface area contributed by atoms with Crippen molar-refractivity contribution in [1.82, 2.24) is 5.32 Å². The highest BCUT2D eigenvalue weighted by molar-refractivity contribution is 9.10. The molecule has 0 saturated carbocycles. The van der Waals surface area contributed by atoms with E-state index in [9.17, 15) is 10.1 Å². The summed E-state index contributed by atoms with van der Waals surface area (Å²) in [4.78, 5) is 12.7. The lowest BCUT2D eigenvalue weighted by Gasteiger charge is -2.14. The average Bonchev–Trinajstić information content (AvgIpc) is 2.89. The summed E-state index contributed by atoms with van der Waals surface area (Å²) in [5.74, 6) is 1.72. The lowest BCUT2D eigenvalue weighted by Crippen LogP contribution is -2.24. The topological polar surface area (TPSA) is 89.8 Å². The molecule has 186 valence electrons. The van der Waals surface area contributed by atoms with Gasteiger partial charge in [0.15, 0.2) is 11.5 Å². The molecule has 3 aromatic rings. The summed E-state index contributed by atoms with van der Waals surface area (Å²) < 4.78 is 22.7. The molecular weight excluding hydrogens is 524 g/mol. The number of amides is 1. The SMILES string of the molecule is COc1ccc(CNC(=O)/C(C#N)=C/c2cc(Br)c(OCc3cccc(C)c3)c(OC)c2)c(OC)c1. The summed E-state index contributed by atoms with van der Waals surface area (Å²) in [5, 5.41) is 12.4. The Balaban J connectivity index is 1.76. The van der Waals surface area contributed by atoms with Crippen LogP contribution in [0.1, 0.15) is 22.3 Å². The van der Waals surface area contributed by atoms with Crippen molar-refractivity contribution >= 4 is 27.9 Å². The molecule has 0 aliphatic heterocycles. The van der Waals surface area contributed by atoms with Gasteiger partial charge in [-0.15, -0.1) is 0 Å². The minimum atomic E-state index is -0.509. The number of benzene rings is 3. The van der Waals surface area contributed by atoms with Crippen molar-refractivity contribution in [3.05, 3.63) is 86.9 Å². The Kier molecular flexibility index (Phi) is 9.37. The summed E-state index contributed by atoms with van der Waals surface area (Å²) >= 11 is 3.52. The van der Waals surface area contributed by atoms with Gasteiger partial charge in [-0.3, -0.25) is 4.79 Å². The number of nitrogens with one attached hydrogen (secondary N) is 1. The second kappa shape index (κ2) is 12.7. The highest BCUT2D eigenvalue weighted by Gasteiger charge is 2.15. The molecule has 0 saturated heterocycles. The Labute approximate surface area is 219 Å². The second-order valence-corrected chi connectivity index (χ2v) is 8.70. The van der Waals surface area contributed by atoms with E-state index in [0.29, 0.717) is 39.6 Å². The molecule has 0 spiro atoms. The molecule has 0 atom stereocenters. The van der Waals surface area contributed by atoms with Crippen LogP contribution in [0.2, 0.25) is 0 Å². The maximum absolute atomic E-state index is 12.7. The van der Waals surface area contributed by atoms with Gasteiger partial charge >= 0.3 is 0 Å². The van der Waals surface area contributed by atoms with Crippen LogP contribution in [0, 0.1) is 18.3 Å². The fourth-order valence-corrected chi connectivity index (χ4v) is 4.08. The van der Waals surface area contributed by atoms with E-state index in [-0.39, 0.29) is 12.1 Å². The van der Waals surface area contributed by atoms with Crippen molar-refractivity contribution in [2.24, 2.45) is 0 Å². The minimum Gasteiger partial charge on any atom is -0.497 e. The molecule has 0 unspecified atom stereocenters. The van der Waals surface area contributed by atoms with Crippen molar-refractivity contribution in [3.8, 4) is 29.1 Å². The molecule has 8 heteroatoms. The zero-order valence-corrected chi connectivity index (χ0v) is 22.1. The van der Waals surface area contributed by atoms with Gasteiger partial charge in [-0.05, 0) is 64.3 Å². The van der Waals surface area contributed by atoms with Crippen LogP contribution in [0.4, 0.5) is 0 Å². The van der Waals surface area contributed by atoms with E-state index in [2.05, 4.69) is 27.3 Å². The van der Waals surface area contributed by atoms with Crippen LogP contribution in [-0.4, -0.2) is 27.2 Å². The van der Waals surface area contributed by atoms with Crippen molar-refractivity contribution < 1.29 is 23.7 Å². The third-order valence-corrected chi connectivity index (χ3v) is 5.92. The third-order valence-electron chi connectivity index (χ3n) is 5.33. The number of nitrogens with zero attached hydrogens (tertiary/aromatic N) is 1. The molecule has 1 amide bonds. The fraction of sp³-hybridized carbons (Fsp3) is 0.214. The van der Waals surface area contributed by atoms with Crippen molar-refractivity contribution in [1.29, 1.82) is 5.26 Å². The first-order chi connectivity index (χ1) is 17.4. The summed E-state index contributed by atoms with van der Waals surface area (Å²) in [5.41, 5.74) is 3.49. The predicted molar refractivity (Wildman–Crippen MR) is 141 cm³/mol. The number of ether oxygens (including phenoxy) is 4. The second-order valence-electron chi connectivity index (χ2n) is 7.84. The molecule has 36 heavy (non-hydrogen) atoms. The highest BCUT2D eigenvalue weighted by atomic mass is 79.9. The quantitative estimate of drug-likeness (QED) is 0.261. The summed E-state index contributed by atoms with van der Waals surface area (Å²) in [7, 11) is 4.64. The lowest BCUT2D eigenvalue weighted by atomic mass is 10.1. The van der Waals surface area contributed by atoms with Crippen LogP contribution in [0.5, 0.6) is 23.0 Å². The standard InChI is InChI=1S/C28H27BrN2O5/c1-18-6-5-7-19(10-18)17-36-27-24(29)12-20(13-26(27)35-4)11-22(15-30)28(32)31-16-21-8-9-23(33-2)14-25(21)34-3/h5-14H,16-17H2,1-4H3,(H,31,32)/b22-11+. The van der Waals surface area contributed by atoms with Gasteiger partial charge in [-0.1, -0.05) is 29.8 Å². The van der Waals surface area contributed by atoms with Gasteiger partial charge in [0.25, 0.3) is 5.91 Å². The van der Waals surface area contributed by atoms with Crippen molar-refractivity contribution in [3.63, 3.8) is 0 Å². The van der Waals surface area contributed by atoms with E-state index in [1.165, 1.54) is 13.2 Å². The van der Waals surface area contributed by atoms with Gasteiger partial charge in [-0.25, -0.2) is 0 Å². The monoisotopic (exact) mass is 550 g/mol. The van der Waals surface area contributed by atoms with E-state index >= 15 is 0 Å². The first-order valence-electron chi connectivity index (χ1n) is 11.0. The molecule has 3 aromatic carbocycles. The first-order valence-corrected chi connectivity index (χ1v) is 11.8. The number of methoxy groups -OCH3 is 3. The maximum Gasteiger partial charge on any atom is 0.262 e. The number of rotatable bonds is 10. The van der Waals surface area contributed by atoms with Crippen molar-refractivity contribution in [2.75, 3.05) is 21.3 Å². The maximum atomic E-state index is 12.7. The summed E-state index contributed by atoms with van der Waals surface area (Å²) in [6, 6.07) is 18.8. The molecule has 0 aliphatic rings. The molecule has 0 fully saturated rings. The minimum absolute atomic E-state index is 0.0511. The molecule has 7 nitrogen and oxygen atoms in total. The van der Waals surface area contributed by atoms with Crippen LogP contribution >= 0.6 is 15.9 Å². The van der Waals surface area contributed by atoms with E-state index in [1.54, 1.807) is 44.6 Å². The largest absolute Gasteiger partial charge is 0.497 e. The molecule has 0 radical (unpaired) electrons. The predicted octanol–water partition coefficient (Wildman–Crippen LogP) is 5.59. The zero-order chi connectivity index (χ0) is 26.1. The number of nitriles is 1. The molecule has 0 aliphatic carbocycles. The number of hydrogen-bond donors (Lipinski definition) is 1. The van der Waals surface area contributed by atoms with E-state index in [1.807, 2.05) is 31.2 Å². The van der Waals surface area contributed by atoms with Crippen LogP contribution in [0.25, 0.3) is 6.08 Å². The molecule has 1 N–H and O–H groups in total. The Morgan fingerprint density at radius 3 is 2.47 bits per heavy atom. The van der Waals surface area contributed by atoms with E-state index in [4.69, 9.17) is 18.9 Å². The lowest BCUT2D eigenvalue weighted by molar-refractivity contribution is -0.117. The molecule has 0 aromatic heterocycles. The molecule has 3 rings (SSSR count). The number of carbonyl (C=O) groups excluding carboxylic acids is 1. The first kappa shape index (κ1) is 26.6. The van der Waals surface area contributed by atoms with Crippen LogP contribution in [0.3, 0.4) is 0 Å². The number of hydrogen-bond acceptors (Lipinski definition) is 6. The Morgan fingerprint density at radius 1 is 1.03 bits per heavy atom. The smallest absolute Gasteiger partial charge is 0.262 e. The number of aryl methyl sites for hydroxylation is 1. The highest BCUT2D eigenvalue weighted by Crippen LogP contribution is 2.38. The van der Waals surface area contributed by atoms with E-state index < -0.39 is 5.91 Å². The van der Waals surface area contributed by atoms with Gasteiger partial charge in [0, 0.05) is 18.2 Å². The average molecular weight is 551 g/mol. The van der Waals surface area contributed by atoms with Gasteiger partial charge in [-0.2, -0.15) is 5.26 Å². The molecule has 0 heterocycles. The van der Waals surface area contributed by atoms with Crippen LogP contribution < -0.4 is 24.3 Å². The van der Waals surface area contributed by atoms with E-state index in [0.717, 1.165) is 16.7 Å². The van der Waals surface area contributed by atoms with Crippen LogP contribution in [-0.2, 0) is 17.9 Å². The van der Waals surface area contributed by atoms with Crippen molar-refractivity contribution in [2.45, 2.75) is 20.1 Å². The third kappa shape index (κ3) is 6.80. The van der Waals surface area contributed by atoms with Crippen LogP contribution in [0.15, 0.2) is 64.6 Å². The Hall–Kier alpha value is -3.96. The zero-order valence-electron chi connectivity index (χ0n) is 20.6.